The molecule has 0 bridgehead atoms. The fourth-order valence-corrected chi connectivity index (χ4v) is 2.93. The van der Waals surface area contributed by atoms with Gasteiger partial charge in [0.2, 0.25) is 17.7 Å². The number of rotatable bonds is 7. The van der Waals surface area contributed by atoms with Crippen LogP contribution in [0, 0.1) is 21.7 Å². The molecule has 1 aromatic heterocycles. The van der Waals surface area contributed by atoms with E-state index in [0.29, 0.717) is 0 Å². The third kappa shape index (κ3) is 4.98. The van der Waals surface area contributed by atoms with Crippen LogP contribution in [0.4, 0.5) is 37.7 Å². The molecular weight excluding hydrogens is 450 g/mol. The lowest BCUT2D eigenvalue weighted by Crippen LogP contribution is -2.18. The minimum absolute atomic E-state index is 0.00810. The number of nitrogens with zero attached hydrogens (tertiary/aromatic N) is 4. The number of hydrogen-bond acceptors (Lipinski definition) is 9. The van der Waals surface area contributed by atoms with Crippen LogP contribution in [0.3, 0.4) is 0 Å². The van der Waals surface area contributed by atoms with Crippen LogP contribution in [0.15, 0.2) is 30.6 Å². The van der Waals surface area contributed by atoms with Gasteiger partial charge in [-0.05, 0) is 26.0 Å². The van der Waals surface area contributed by atoms with Crippen LogP contribution >= 0.6 is 11.6 Å². The zero-order valence-corrected chi connectivity index (χ0v) is 17.7. The fourth-order valence-electron chi connectivity index (χ4n) is 2.76. The molecule has 1 heterocycles. The van der Waals surface area contributed by atoms with Crippen LogP contribution in [-0.2, 0) is 5.60 Å². The molecule has 0 radical (unpaired) electrons. The summed E-state index contributed by atoms with van der Waals surface area (Å²) in [5, 5.41) is 26.7. The van der Waals surface area contributed by atoms with E-state index < -0.39 is 27.8 Å². The Balaban J connectivity index is 1.95. The van der Waals surface area contributed by atoms with E-state index in [4.69, 9.17) is 16.3 Å². The van der Waals surface area contributed by atoms with Crippen molar-refractivity contribution in [2.75, 3.05) is 17.7 Å². The average Bonchev–Trinajstić information content (AvgIpc) is 2.70. The van der Waals surface area contributed by atoms with Gasteiger partial charge in [-0.3, -0.25) is 10.1 Å². The van der Waals surface area contributed by atoms with Crippen molar-refractivity contribution in [2.24, 2.45) is 0 Å². The minimum atomic E-state index is -1.41. The lowest BCUT2D eigenvalue weighted by atomic mass is 9.96. The second-order valence-corrected chi connectivity index (χ2v) is 7.42. The van der Waals surface area contributed by atoms with E-state index in [1.807, 2.05) is 0 Å². The molecule has 0 aliphatic carbocycles. The summed E-state index contributed by atoms with van der Waals surface area (Å²) >= 11 is 5.87. The van der Waals surface area contributed by atoms with Crippen molar-refractivity contribution in [1.82, 2.24) is 15.0 Å². The predicted octanol–water partition coefficient (Wildman–Crippen LogP) is 4.43. The van der Waals surface area contributed by atoms with Crippen LogP contribution < -0.4 is 15.4 Å². The molecule has 3 rings (SSSR count). The fraction of sp³-hybridized carbons (Fsp3) is 0.211. The minimum Gasteiger partial charge on any atom is -0.494 e. The quantitative estimate of drug-likeness (QED) is 0.341. The van der Waals surface area contributed by atoms with Crippen molar-refractivity contribution in [3.8, 4) is 5.75 Å². The first-order chi connectivity index (χ1) is 15.0. The van der Waals surface area contributed by atoms with Crippen molar-refractivity contribution in [2.45, 2.75) is 19.4 Å². The summed E-state index contributed by atoms with van der Waals surface area (Å²) in [7, 11) is 1.27. The maximum Gasteiger partial charge on any atom is 0.307 e. The summed E-state index contributed by atoms with van der Waals surface area (Å²) in [6.07, 6.45) is 1.14. The zero-order valence-electron chi connectivity index (χ0n) is 17.0. The van der Waals surface area contributed by atoms with Crippen molar-refractivity contribution >= 4 is 40.6 Å². The summed E-state index contributed by atoms with van der Waals surface area (Å²) in [5.41, 5.74) is -1.69. The number of anilines is 4. The molecule has 0 aliphatic rings. The maximum absolute atomic E-state index is 13.9. The van der Waals surface area contributed by atoms with Crippen molar-refractivity contribution in [1.29, 1.82) is 0 Å². The zero-order chi connectivity index (χ0) is 23.6. The number of ether oxygens (including phenoxy) is 1. The third-order valence-electron chi connectivity index (χ3n) is 4.25. The Hall–Kier alpha value is -3.64. The number of aliphatic hydroxyl groups is 1. The highest BCUT2D eigenvalue weighted by Gasteiger charge is 2.23. The normalized spacial score (nSPS) is 11.2. The van der Waals surface area contributed by atoms with Gasteiger partial charge in [0.1, 0.15) is 17.9 Å². The van der Waals surface area contributed by atoms with Crippen LogP contribution in [-0.4, -0.2) is 32.1 Å². The molecule has 0 fully saturated rings. The SMILES string of the molecule is COc1cc(F)c([N+](=O)[O-])cc1Nc1ncnc(Nc2cc(Cl)c(F)cc2C(C)(C)O)n1. The Morgan fingerprint density at radius 3 is 2.28 bits per heavy atom. The van der Waals surface area contributed by atoms with E-state index in [1.165, 1.54) is 27.0 Å². The third-order valence-corrected chi connectivity index (χ3v) is 4.54. The molecule has 0 saturated heterocycles. The lowest BCUT2D eigenvalue weighted by molar-refractivity contribution is -0.387. The van der Waals surface area contributed by atoms with Crippen LogP contribution in [0.1, 0.15) is 19.4 Å². The number of benzene rings is 2. The molecule has 0 atom stereocenters. The van der Waals surface area contributed by atoms with E-state index in [-0.39, 0.29) is 39.6 Å². The molecule has 2 aromatic carbocycles. The molecule has 0 amide bonds. The van der Waals surface area contributed by atoms with Gasteiger partial charge in [-0.2, -0.15) is 9.37 Å². The van der Waals surface area contributed by atoms with Crippen LogP contribution in [0.5, 0.6) is 5.75 Å². The molecule has 3 N–H and O–H groups in total. The first-order valence-electron chi connectivity index (χ1n) is 8.96. The second kappa shape index (κ2) is 8.85. The number of aromatic nitrogens is 3. The molecule has 0 unspecified atom stereocenters. The second-order valence-electron chi connectivity index (χ2n) is 7.01. The lowest BCUT2D eigenvalue weighted by Gasteiger charge is -2.22. The Kier molecular flexibility index (Phi) is 6.37. The van der Waals surface area contributed by atoms with E-state index in [0.717, 1.165) is 24.5 Å². The van der Waals surface area contributed by atoms with Gasteiger partial charge in [0.15, 0.2) is 0 Å². The molecule has 0 spiro atoms. The Morgan fingerprint density at radius 1 is 1.09 bits per heavy atom. The Labute approximate surface area is 185 Å². The average molecular weight is 467 g/mol. The van der Waals surface area contributed by atoms with Gasteiger partial charge in [-0.1, -0.05) is 11.6 Å². The molecule has 0 saturated carbocycles. The van der Waals surface area contributed by atoms with E-state index in [9.17, 15) is 24.0 Å². The topological polar surface area (TPSA) is 135 Å². The molecule has 10 nitrogen and oxygen atoms in total. The highest BCUT2D eigenvalue weighted by Crippen LogP contribution is 2.35. The number of hydrogen-bond donors (Lipinski definition) is 3. The van der Waals surface area contributed by atoms with Gasteiger partial charge < -0.3 is 20.5 Å². The molecular formula is C19H17ClF2N6O4. The van der Waals surface area contributed by atoms with E-state index in [2.05, 4.69) is 25.6 Å². The molecule has 32 heavy (non-hydrogen) atoms. The molecule has 0 aliphatic heterocycles. The van der Waals surface area contributed by atoms with E-state index in [1.54, 1.807) is 0 Å². The smallest absolute Gasteiger partial charge is 0.307 e. The van der Waals surface area contributed by atoms with E-state index >= 15 is 0 Å². The summed E-state index contributed by atoms with van der Waals surface area (Å²) in [6, 6.07) is 4.16. The largest absolute Gasteiger partial charge is 0.494 e. The highest BCUT2D eigenvalue weighted by atomic mass is 35.5. The van der Waals surface area contributed by atoms with Gasteiger partial charge in [-0.25, -0.2) is 14.4 Å². The van der Waals surface area contributed by atoms with Crippen LogP contribution in [0.2, 0.25) is 5.02 Å². The van der Waals surface area contributed by atoms with Gasteiger partial charge in [0.25, 0.3) is 0 Å². The van der Waals surface area contributed by atoms with Crippen molar-refractivity contribution in [3.63, 3.8) is 0 Å². The van der Waals surface area contributed by atoms with Gasteiger partial charge >= 0.3 is 5.69 Å². The number of nitrogens with one attached hydrogen (secondary N) is 2. The Bertz CT molecular complexity index is 1190. The van der Waals surface area contributed by atoms with Gasteiger partial charge in [0, 0.05) is 23.4 Å². The van der Waals surface area contributed by atoms with Crippen molar-refractivity contribution < 1.29 is 23.5 Å². The molecule has 3 aromatic rings. The highest BCUT2D eigenvalue weighted by molar-refractivity contribution is 6.31. The standard InChI is InChI=1S/C19H17ClF2N6O4/c1-19(2,29)9-4-11(21)10(20)5-13(9)25-17-23-8-24-18(27-17)26-14-7-15(28(30)31)12(22)6-16(14)32-3/h4-8,29H,1-3H3,(H2,23,24,25,26,27). The maximum atomic E-state index is 13.9. The number of methoxy groups -OCH3 is 1. The summed E-state index contributed by atoms with van der Waals surface area (Å²) in [4.78, 5) is 22.2. The van der Waals surface area contributed by atoms with Gasteiger partial charge in [-0.15, -0.1) is 0 Å². The first kappa shape index (κ1) is 23.0. The number of halogens is 3. The monoisotopic (exact) mass is 466 g/mol. The van der Waals surface area contributed by atoms with Crippen LogP contribution in [0.25, 0.3) is 0 Å². The summed E-state index contributed by atoms with van der Waals surface area (Å²) in [5.74, 6) is -1.86. The summed E-state index contributed by atoms with van der Waals surface area (Å²) < 4.78 is 32.8. The molecule has 168 valence electrons. The Morgan fingerprint density at radius 2 is 1.72 bits per heavy atom. The van der Waals surface area contributed by atoms with Gasteiger partial charge in [0.05, 0.1) is 28.3 Å². The predicted molar refractivity (Wildman–Crippen MR) is 113 cm³/mol. The number of nitro groups is 1. The summed E-state index contributed by atoms with van der Waals surface area (Å²) in [6.45, 7) is 2.93. The molecule has 13 heteroatoms. The first-order valence-corrected chi connectivity index (χ1v) is 9.34. The number of nitro benzene ring substituents is 1. The van der Waals surface area contributed by atoms with Crippen molar-refractivity contribution in [3.05, 3.63) is 62.9 Å².